The van der Waals surface area contributed by atoms with Crippen molar-refractivity contribution in [1.82, 2.24) is 9.97 Å². The normalized spacial score (nSPS) is 12.3. The lowest BCUT2D eigenvalue weighted by Gasteiger charge is -2.40. The van der Waals surface area contributed by atoms with Crippen LogP contribution in [-0.4, -0.2) is 15.1 Å². The molecule has 182 valence electrons. The first-order valence-electron chi connectivity index (χ1n) is 12.6. The zero-order valence-electron chi connectivity index (χ0n) is 20.8. The van der Waals surface area contributed by atoms with Crippen LogP contribution in [0.3, 0.4) is 0 Å². The number of anilines is 6. The molecule has 0 unspecified atom stereocenters. The molecule has 0 saturated heterocycles. The summed E-state index contributed by atoms with van der Waals surface area (Å²) >= 11 is 0. The Morgan fingerprint density at radius 2 is 1.39 bits per heavy atom. The summed E-state index contributed by atoms with van der Waals surface area (Å²) < 4.78 is 0. The molecule has 38 heavy (non-hydrogen) atoms. The van der Waals surface area contributed by atoms with Crippen molar-refractivity contribution in [1.29, 1.82) is 0 Å². The molecule has 0 spiro atoms. The summed E-state index contributed by atoms with van der Waals surface area (Å²) in [6, 6.07) is 38.8. The molecule has 0 bridgehead atoms. The summed E-state index contributed by atoms with van der Waals surface area (Å²) in [6.45, 7) is 2.08. The fraction of sp³-hybridized carbons (Fsp3) is 0.0303. The van der Waals surface area contributed by atoms with Crippen LogP contribution in [0, 0.1) is 6.92 Å². The van der Waals surface area contributed by atoms with Crippen molar-refractivity contribution in [2.75, 3.05) is 9.80 Å². The molecule has 0 atom stereocenters. The molecule has 1 aliphatic heterocycles. The first-order chi connectivity index (χ1) is 18.7. The number of aryl methyl sites for hydroxylation is 1. The summed E-state index contributed by atoms with van der Waals surface area (Å²) in [5.74, 6) is 1.03. The number of pyridine rings is 2. The number of nitrogens with zero attached hydrogens (tertiary/aromatic N) is 4. The van der Waals surface area contributed by atoms with Gasteiger partial charge in [-0.1, -0.05) is 54.6 Å². The number of phenolic OH excluding ortho intramolecular Hbond substituents is 1. The average Bonchev–Trinajstić information content (AvgIpc) is 2.96. The number of benzene rings is 4. The minimum atomic E-state index is 0.178. The monoisotopic (exact) mass is 492 g/mol. The molecule has 1 aliphatic rings. The summed E-state index contributed by atoms with van der Waals surface area (Å²) in [4.78, 5) is 14.1. The lowest BCUT2D eigenvalue weighted by atomic mass is 10.0. The Balaban J connectivity index is 1.49. The van der Waals surface area contributed by atoms with Crippen LogP contribution in [0.4, 0.5) is 34.3 Å². The summed E-state index contributed by atoms with van der Waals surface area (Å²) in [5.41, 5.74) is 8.74. The Hall–Kier alpha value is -5.16. The zero-order chi connectivity index (χ0) is 25.6. The van der Waals surface area contributed by atoms with E-state index >= 15 is 0 Å². The third-order valence-corrected chi connectivity index (χ3v) is 6.96. The highest BCUT2D eigenvalue weighted by molar-refractivity contribution is 6.02. The molecule has 3 heterocycles. The first-order valence-corrected chi connectivity index (χ1v) is 12.6. The molecule has 0 fully saturated rings. The van der Waals surface area contributed by atoms with Gasteiger partial charge in [0.2, 0.25) is 0 Å². The predicted octanol–water partition coefficient (Wildman–Crippen LogP) is 8.56. The second-order valence-corrected chi connectivity index (χ2v) is 9.44. The van der Waals surface area contributed by atoms with E-state index in [0.29, 0.717) is 5.52 Å². The maximum absolute atomic E-state index is 10.4. The van der Waals surface area contributed by atoms with E-state index < -0.39 is 0 Å². The fourth-order valence-corrected chi connectivity index (χ4v) is 5.19. The minimum absolute atomic E-state index is 0.178. The Morgan fingerprint density at radius 1 is 0.632 bits per heavy atom. The van der Waals surface area contributed by atoms with Crippen molar-refractivity contribution in [3.63, 3.8) is 0 Å². The lowest BCUT2D eigenvalue weighted by molar-refractivity contribution is 0.480. The van der Waals surface area contributed by atoms with Crippen molar-refractivity contribution < 1.29 is 5.11 Å². The Kier molecular flexibility index (Phi) is 5.08. The van der Waals surface area contributed by atoms with Gasteiger partial charge in [0.05, 0.1) is 28.4 Å². The van der Waals surface area contributed by atoms with Gasteiger partial charge in [-0.15, -0.1) is 0 Å². The summed E-state index contributed by atoms with van der Waals surface area (Å²) in [7, 11) is 0. The molecular formula is C33H24N4O. The molecule has 5 nitrogen and oxygen atoms in total. The number of rotatable bonds is 3. The molecule has 0 amide bonds. The highest BCUT2D eigenvalue weighted by atomic mass is 16.3. The minimum Gasteiger partial charge on any atom is -0.506 e. The second kappa shape index (κ2) is 8.75. The maximum atomic E-state index is 10.4. The van der Waals surface area contributed by atoms with Gasteiger partial charge >= 0.3 is 0 Å². The smallest absolute Gasteiger partial charge is 0.141 e. The van der Waals surface area contributed by atoms with Gasteiger partial charge in [-0.3, -0.25) is 4.90 Å². The quantitative estimate of drug-likeness (QED) is 0.268. The predicted molar refractivity (Wildman–Crippen MR) is 154 cm³/mol. The van der Waals surface area contributed by atoms with Gasteiger partial charge in [0.25, 0.3) is 0 Å². The van der Waals surface area contributed by atoms with E-state index in [4.69, 9.17) is 9.97 Å². The highest BCUT2D eigenvalue weighted by Gasteiger charge is 2.31. The standard InChI is InChI=1S/C33H24N4O/c1-22-18-19-34-32(20-22)37-28-12-6-5-11-27(28)36(25-9-3-2-4-10-25)29-17-15-24(21-30(29)37)26-16-14-23-8-7-13-31(38)33(23)35-26/h2-21,38H,1H3. The molecule has 7 rings (SSSR count). The van der Waals surface area contributed by atoms with Crippen molar-refractivity contribution in [2.45, 2.75) is 6.92 Å². The molecular weight excluding hydrogens is 468 g/mol. The van der Waals surface area contributed by atoms with Crippen LogP contribution >= 0.6 is 0 Å². The van der Waals surface area contributed by atoms with Gasteiger partial charge in [0.15, 0.2) is 0 Å². The van der Waals surface area contributed by atoms with Crippen LogP contribution in [0.25, 0.3) is 22.2 Å². The molecule has 0 radical (unpaired) electrons. The first kappa shape index (κ1) is 22.1. The molecule has 6 aromatic rings. The number of fused-ring (bicyclic) bond motifs is 3. The SMILES string of the molecule is Cc1ccnc(N2c3ccccc3N(c3ccccc3)c3ccc(-c4ccc5cccc(O)c5n4)cc32)c1. The van der Waals surface area contributed by atoms with E-state index in [0.717, 1.165) is 56.5 Å². The topological polar surface area (TPSA) is 52.5 Å². The Bertz CT molecular complexity index is 1820. The number of phenols is 1. The number of aromatic hydroxyl groups is 1. The van der Waals surface area contributed by atoms with E-state index in [1.54, 1.807) is 6.07 Å². The van der Waals surface area contributed by atoms with E-state index in [9.17, 15) is 5.11 Å². The largest absolute Gasteiger partial charge is 0.506 e. The molecule has 0 aliphatic carbocycles. The Morgan fingerprint density at radius 3 is 2.21 bits per heavy atom. The van der Waals surface area contributed by atoms with Crippen molar-refractivity contribution in [2.24, 2.45) is 0 Å². The van der Waals surface area contributed by atoms with Crippen LogP contribution < -0.4 is 9.80 Å². The number of para-hydroxylation sites is 4. The summed E-state index contributed by atoms with van der Waals surface area (Å²) in [6.07, 6.45) is 1.86. The van der Waals surface area contributed by atoms with Crippen LogP contribution in [-0.2, 0) is 0 Å². The highest BCUT2D eigenvalue weighted by Crippen LogP contribution is 2.54. The van der Waals surface area contributed by atoms with E-state index in [-0.39, 0.29) is 5.75 Å². The van der Waals surface area contributed by atoms with E-state index in [1.165, 1.54) is 0 Å². The van der Waals surface area contributed by atoms with Crippen LogP contribution in [0.15, 0.2) is 121 Å². The number of aromatic nitrogens is 2. The number of hydrogen-bond donors (Lipinski definition) is 1. The average molecular weight is 493 g/mol. The summed E-state index contributed by atoms with van der Waals surface area (Å²) in [5, 5.41) is 11.3. The van der Waals surface area contributed by atoms with Crippen LogP contribution in [0.1, 0.15) is 5.56 Å². The zero-order valence-corrected chi connectivity index (χ0v) is 20.8. The van der Waals surface area contributed by atoms with Crippen LogP contribution in [0.2, 0.25) is 0 Å². The molecule has 1 N–H and O–H groups in total. The van der Waals surface area contributed by atoms with Crippen LogP contribution in [0.5, 0.6) is 5.75 Å². The molecule has 2 aromatic heterocycles. The van der Waals surface area contributed by atoms with Gasteiger partial charge < -0.3 is 10.0 Å². The van der Waals surface area contributed by atoms with Crippen molar-refractivity contribution in [3.8, 4) is 17.0 Å². The molecule has 0 saturated carbocycles. The second-order valence-electron chi connectivity index (χ2n) is 9.44. The van der Waals surface area contributed by atoms with Gasteiger partial charge in [0.1, 0.15) is 17.1 Å². The molecule has 4 aromatic carbocycles. The lowest BCUT2D eigenvalue weighted by Crippen LogP contribution is -2.24. The Labute approximate surface area is 220 Å². The van der Waals surface area contributed by atoms with Gasteiger partial charge in [-0.25, -0.2) is 9.97 Å². The van der Waals surface area contributed by atoms with Gasteiger partial charge in [-0.05, 0) is 73.2 Å². The van der Waals surface area contributed by atoms with E-state index in [1.807, 2.05) is 42.6 Å². The molecule has 5 heteroatoms. The van der Waals surface area contributed by atoms with Gasteiger partial charge in [-0.2, -0.15) is 0 Å². The fourth-order valence-electron chi connectivity index (χ4n) is 5.19. The third kappa shape index (κ3) is 3.56. The van der Waals surface area contributed by atoms with Crippen molar-refractivity contribution >= 4 is 45.2 Å². The van der Waals surface area contributed by atoms with Gasteiger partial charge in [0, 0.05) is 22.8 Å². The maximum Gasteiger partial charge on any atom is 0.141 e. The van der Waals surface area contributed by atoms with E-state index in [2.05, 4.69) is 89.5 Å². The van der Waals surface area contributed by atoms with Crippen molar-refractivity contribution in [3.05, 3.63) is 127 Å². The number of hydrogen-bond acceptors (Lipinski definition) is 5. The third-order valence-electron chi connectivity index (χ3n) is 6.96.